The summed E-state index contributed by atoms with van der Waals surface area (Å²) in [6.07, 6.45) is 6.91. The highest BCUT2D eigenvalue weighted by molar-refractivity contribution is 7.07. The Balaban J connectivity index is 1.64. The van der Waals surface area contributed by atoms with Gasteiger partial charge in [0.15, 0.2) is 0 Å². The lowest BCUT2D eigenvalue weighted by molar-refractivity contribution is -0.139. The summed E-state index contributed by atoms with van der Waals surface area (Å²) in [4.78, 5) is 23.3. The summed E-state index contributed by atoms with van der Waals surface area (Å²) < 4.78 is 0. The van der Waals surface area contributed by atoms with Gasteiger partial charge in [-0.1, -0.05) is 11.6 Å². The smallest absolute Gasteiger partial charge is 0.309 e. The minimum Gasteiger partial charge on any atom is -0.387 e. The standard InChI is InChI=1S/C16H22N2O3S/c19-14(13-7-9-22-11-13)10-18-16(21)15(20)17-8-6-12-4-2-1-3-5-12/h4,7,9,11,14,19H,1-3,5-6,8,10H2,(H,17,20)(H,18,21)/t14-/m0/s1. The number of nitrogens with one attached hydrogen (secondary N) is 2. The predicted molar refractivity (Wildman–Crippen MR) is 86.5 cm³/mol. The van der Waals surface area contributed by atoms with Crippen molar-refractivity contribution >= 4 is 23.2 Å². The van der Waals surface area contributed by atoms with Crippen LogP contribution in [0.1, 0.15) is 43.8 Å². The van der Waals surface area contributed by atoms with Gasteiger partial charge in [0.1, 0.15) is 0 Å². The Labute approximate surface area is 134 Å². The van der Waals surface area contributed by atoms with Crippen LogP contribution >= 0.6 is 11.3 Å². The van der Waals surface area contributed by atoms with E-state index in [4.69, 9.17) is 0 Å². The predicted octanol–water partition coefficient (Wildman–Crippen LogP) is 1.90. The van der Waals surface area contributed by atoms with E-state index in [1.807, 2.05) is 10.8 Å². The van der Waals surface area contributed by atoms with Gasteiger partial charge in [0.25, 0.3) is 0 Å². The van der Waals surface area contributed by atoms with E-state index in [1.165, 1.54) is 29.8 Å². The molecule has 0 radical (unpaired) electrons. The van der Waals surface area contributed by atoms with E-state index in [-0.39, 0.29) is 6.54 Å². The average molecular weight is 322 g/mol. The molecular weight excluding hydrogens is 300 g/mol. The number of allylic oxidation sites excluding steroid dienone is 1. The molecule has 1 heterocycles. The minimum absolute atomic E-state index is 0.0359. The molecule has 1 atom stereocenters. The zero-order valence-electron chi connectivity index (χ0n) is 12.5. The van der Waals surface area contributed by atoms with E-state index in [0.717, 1.165) is 24.8 Å². The summed E-state index contributed by atoms with van der Waals surface area (Å²) in [5.74, 6) is -1.35. The van der Waals surface area contributed by atoms with Crippen LogP contribution in [0.5, 0.6) is 0 Å². The van der Waals surface area contributed by atoms with Crippen LogP contribution in [-0.4, -0.2) is 30.0 Å². The molecule has 0 aliphatic heterocycles. The Hall–Kier alpha value is -1.66. The van der Waals surface area contributed by atoms with Crippen LogP contribution in [0.15, 0.2) is 28.5 Å². The molecule has 0 unspecified atom stereocenters. The van der Waals surface area contributed by atoms with E-state index in [2.05, 4.69) is 16.7 Å². The largest absolute Gasteiger partial charge is 0.387 e. The lowest BCUT2D eigenvalue weighted by Gasteiger charge is -2.13. The molecule has 0 bridgehead atoms. The molecule has 22 heavy (non-hydrogen) atoms. The van der Waals surface area contributed by atoms with Crippen LogP contribution in [0.25, 0.3) is 0 Å². The van der Waals surface area contributed by atoms with Crippen LogP contribution in [0.3, 0.4) is 0 Å². The minimum atomic E-state index is -0.782. The average Bonchev–Trinajstić information content (AvgIpc) is 3.07. The second-order valence-electron chi connectivity index (χ2n) is 5.40. The number of hydrogen-bond acceptors (Lipinski definition) is 4. The SMILES string of the molecule is O=C(NCCC1=CCCCC1)C(=O)NC[C@H](O)c1ccsc1. The molecule has 0 saturated carbocycles. The Morgan fingerprint density at radius 1 is 1.27 bits per heavy atom. The molecule has 6 heteroatoms. The molecule has 1 aromatic rings. The van der Waals surface area contributed by atoms with Crippen molar-refractivity contribution in [3.8, 4) is 0 Å². The highest BCUT2D eigenvalue weighted by Gasteiger charge is 2.15. The third-order valence-electron chi connectivity index (χ3n) is 3.71. The first-order valence-electron chi connectivity index (χ1n) is 7.61. The molecule has 3 N–H and O–H groups in total. The number of carbonyl (C=O) groups is 2. The first-order chi connectivity index (χ1) is 10.7. The maximum Gasteiger partial charge on any atom is 0.309 e. The second kappa shape index (κ2) is 8.70. The first kappa shape index (κ1) is 16.7. The fraction of sp³-hybridized carbons (Fsp3) is 0.500. The molecule has 5 nitrogen and oxygen atoms in total. The molecule has 0 saturated heterocycles. The van der Waals surface area contributed by atoms with Crippen molar-refractivity contribution in [3.63, 3.8) is 0 Å². The number of carbonyl (C=O) groups excluding carboxylic acids is 2. The van der Waals surface area contributed by atoms with Crippen molar-refractivity contribution in [2.45, 2.75) is 38.2 Å². The number of hydrogen-bond donors (Lipinski definition) is 3. The normalized spacial score (nSPS) is 15.8. The number of aliphatic hydroxyl groups excluding tert-OH is 1. The molecule has 1 aliphatic rings. The molecule has 2 amide bonds. The first-order valence-corrected chi connectivity index (χ1v) is 8.55. The van der Waals surface area contributed by atoms with Gasteiger partial charge in [-0.2, -0.15) is 11.3 Å². The monoisotopic (exact) mass is 322 g/mol. The van der Waals surface area contributed by atoms with Crippen molar-refractivity contribution in [1.82, 2.24) is 10.6 Å². The molecule has 0 aromatic carbocycles. The number of aliphatic hydroxyl groups is 1. The molecule has 1 aromatic heterocycles. The third-order valence-corrected chi connectivity index (χ3v) is 4.41. The number of amides is 2. The Kier molecular flexibility index (Phi) is 6.61. The van der Waals surface area contributed by atoms with Crippen LogP contribution < -0.4 is 10.6 Å². The van der Waals surface area contributed by atoms with Gasteiger partial charge < -0.3 is 15.7 Å². The van der Waals surface area contributed by atoms with Crippen molar-refractivity contribution in [3.05, 3.63) is 34.0 Å². The Morgan fingerprint density at radius 3 is 2.77 bits per heavy atom. The molecule has 1 aliphatic carbocycles. The van der Waals surface area contributed by atoms with E-state index >= 15 is 0 Å². The van der Waals surface area contributed by atoms with Gasteiger partial charge in [-0.15, -0.1) is 0 Å². The van der Waals surface area contributed by atoms with Crippen LogP contribution in [0.4, 0.5) is 0 Å². The van der Waals surface area contributed by atoms with Crippen molar-refractivity contribution in [2.75, 3.05) is 13.1 Å². The maximum atomic E-state index is 11.7. The van der Waals surface area contributed by atoms with Gasteiger partial charge >= 0.3 is 11.8 Å². The van der Waals surface area contributed by atoms with Crippen molar-refractivity contribution < 1.29 is 14.7 Å². The molecule has 120 valence electrons. The van der Waals surface area contributed by atoms with Gasteiger partial charge in [-0.25, -0.2) is 0 Å². The zero-order valence-corrected chi connectivity index (χ0v) is 13.3. The summed E-state index contributed by atoms with van der Waals surface area (Å²) >= 11 is 1.48. The van der Waals surface area contributed by atoms with Crippen molar-refractivity contribution in [2.24, 2.45) is 0 Å². The van der Waals surface area contributed by atoms with Crippen LogP contribution in [0, 0.1) is 0 Å². The summed E-state index contributed by atoms with van der Waals surface area (Å²) in [5.41, 5.74) is 2.11. The topological polar surface area (TPSA) is 78.4 Å². The lowest BCUT2D eigenvalue weighted by atomic mass is 9.97. The van der Waals surface area contributed by atoms with Gasteiger partial charge in [-0.05, 0) is 54.5 Å². The van der Waals surface area contributed by atoms with Crippen LogP contribution in [-0.2, 0) is 9.59 Å². The Bertz CT molecular complexity index is 526. The molecular formula is C16H22N2O3S. The van der Waals surface area contributed by atoms with Gasteiger partial charge in [-0.3, -0.25) is 9.59 Å². The highest BCUT2D eigenvalue weighted by Crippen LogP contribution is 2.19. The van der Waals surface area contributed by atoms with Gasteiger partial charge in [0.2, 0.25) is 0 Å². The number of thiophene rings is 1. The van der Waals surface area contributed by atoms with E-state index in [1.54, 1.807) is 6.07 Å². The van der Waals surface area contributed by atoms with Gasteiger partial charge in [0, 0.05) is 13.1 Å². The van der Waals surface area contributed by atoms with E-state index < -0.39 is 17.9 Å². The highest BCUT2D eigenvalue weighted by atomic mass is 32.1. The maximum absolute atomic E-state index is 11.7. The fourth-order valence-corrected chi connectivity index (χ4v) is 3.11. The molecule has 2 rings (SSSR count). The number of rotatable bonds is 6. The quantitative estimate of drug-likeness (QED) is 0.553. The molecule has 0 spiro atoms. The Morgan fingerprint density at radius 2 is 2.09 bits per heavy atom. The molecule has 0 fully saturated rings. The van der Waals surface area contributed by atoms with Crippen molar-refractivity contribution in [1.29, 1.82) is 0 Å². The third kappa shape index (κ3) is 5.27. The lowest BCUT2D eigenvalue weighted by Crippen LogP contribution is -2.41. The summed E-state index contributed by atoms with van der Waals surface area (Å²) in [6, 6.07) is 1.79. The van der Waals surface area contributed by atoms with Crippen LogP contribution in [0.2, 0.25) is 0 Å². The summed E-state index contributed by atoms with van der Waals surface area (Å²) in [6.45, 7) is 0.513. The van der Waals surface area contributed by atoms with E-state index in [9.17, 15) is 14.7 Å². The second-order valence-corrected chi connectivity index (χ2v) is 6.18. The fourth-order valence-electron chi connectivity index (χ4n) is 2.40. The summed E-state index contributed by atoms with van der Waals surface area (Å²) in [7, 11) is 0. The van der Waals surface area contributed by atoms with E-state index in [0.29, 0.717) is 6.54 Å². The summed E-state index contributed by atoms with van der Waals surface area (Å²) in [5, 5.41) is 18.6. The zero-order chi connectivity index (χ0) is 15.8. The van der Waals surface area contributed by atoms with Gasteiger partial charge in [0.05, 0.1) is 6.10 Å².